The smallest absolute Gasteiger partial charge is 0.266 e. The minimum Gasteiger partial charge on any atom is -0.418 e. The molecule has 2 heterocycles. The van der Waals surface area contributed by atoms with E-state index in [9.17, 15) is 0 Å². The number of hydrogen-bond donors (Lipinski definition) is 1. The summed E-state index contributed by atoms with van der Waals surface area (Å²) in [6.45, 7) is 5.01. The summed E-state index contributed by atoms with van der Waals surface area (Å²) < 4.78 is 5.63. The number of pyridine rings is 1. The van der Waals surface area contributed by atoms with Crippen LogP contribution in [0.5, 0.6) is 0 Å². The molecule has 0 aliphatic heterocycles. The predicted octanol–water partition coefficient (Wildman–Crippen LogP) is 2.19. The van der Waals surface area contributed by atoms with Gasteiger partial charge in [0.1, 0.15) is 5.69 Å². The maximum atomic E-state index is 5.63. The van der Waals surface area contributed by atoms with Gasteiger partial charge in [0, 0.05) is 6.20 Å². The van der Waals surface area contributed by atoms with Gasteiger partial charge in [0.05, 0.1) is 6.04 Å². The minimum atomic E-state index is 0.116. The average molecular weight is 232 g/mol. The highest BCUT2D eigenvalue weighted by molar-refractivity contribution is 5.44. The van der Waals surface area contributed by atoms with Crippen LogP contribution >= 0.6 is 0 Å². The van der Waals surface area contributed by atoms with Crippen molar-refractivity contribution in [3.8, 4) is 11.6 Å². The van der Waals surface area contributed by atoms with Crippen molar-refractivity contribution in [3.63, 3.8) is 0 Å². The number of nitrogens with one attached hydrogen (secondary N) is 1. The van der Waals surface area contributed by atoms with Crippen LogP contribution in [0.2, 0.25) is 0 Å². The average Bonchev–Trinajstić information content (AvgIpc) is 2.86. The van der Waals surface area contributed by atoms with Crippen LogP contribution in [0.3, 0.4) is 0 Å². The van der Waals surface area contributed by atoms with Gasteiger partial charge in [-0.05, 0) is 25.1 Å². The lowest BCUT2D eigenvalue weighted by molar-refractivity contribution is 0.401. The van der Waals surface area contributed by atoms with Gasteiger partial charge in [0.15, 0.2) is 0 Å². The molecule has 0 radical (unpaired) electrons. The zero-order valence-electron chi connectivity index (χ0n) is 10.1. The van der Waals surface area contributed by atoms with E-state index in [0.717, 1.165) is 13.0 Å². The number of hydrogen-bond acceptors (Lipinski definition) is 5. The number of rotatable bonds is 5. The van der Waals surface area contributed by atoms with Gasteiger partial charge in [0.2, 0.25) is 5.89 Å². The zero-order valence-corrected chi connectivity index (χ0v) is 10.1. The van der Waals surface area contributed by atoms with Gasteiger partial charge >= 0.3 is 0 Å². The first kappa shape index (κ1) is 11.7. The molecule has 90 valence electrons. The Morgan fingerprint density at radius 1 is 1.29 bits per heavy atom. The maximum Gasteiger partial charge on any atom is 0.266 e. The lowest BCUT2D eigenvalue weighted by Gasteiger charge is -2.09. The van der Waals surface area contributed by atoms with Crippen LogP contribution in [0.4, 0.5) is 0 Å². The van der Waals surface area contributed by atoms with Crippen molar-refractivity contribution < 1.29 is 4.42 Å². The predicted molar refractivity (Wildman–Crippen MR) is 64.2 cm³/mol. The fraction of sp³-hybridized carbons (Fsp3) is 0.417. The van der Waals surface area contributed by atoms with E-state index < -0.39 is 0 Å². The fourth-order valence-corrected chi connectivity index (χ4v) is 1.62. The van der Waals surface area contributed by atoms with Gasteiger partial charge in [-0.25, -0.2) is 0 Å². The molecule has 0 aromatic carbocycles. The molecule has 0 amide bonds. The van der Waals surface area contributed by atoms with E-state index in [1.54, 1.807) is 6.20 Å². The maximum absolute atomic E-state index is 5.63. The van der Waals surface area contributed by atoms with E-state index in [4.69, 9.17) is 4.42 Å². The SMILES string of the molecule is CCNC(CC)c1nnc(-c2ccccn2)o1. The summed E-state index contributed by atoms with van der Waals surface area (Å²) in [5, 5.41) is 11.4. The van der Waals surface area contributed by atoms with Crippen molar-refractivity contribution in [2.75, 3.05) is 6.54 Å². The summed E-state index contributed by atoms with van der Waals surface area (Å²) in [5.41, 5.74) is 0.706. The number of aromatic nitrogens is 3. The van der Waals surface area contributed by atoms with E-state index in [-0.39, 0.29) is 6.04 Å². The molecule has 0 fully saturated rings. The molecule has 1 atom stereocenters. The van der Waals surface area contributed by atoms with E-state index in [1.807, 2.05) is 18.2 Å². The summed E-state index contributed by atoms with van der Waals surface area (Å²) in [6.07, 6.45) is 2.62. The first-order valence-electron chi connectivity index (χ1n) is 5.83. The molecule has 0 aliphatic carbocycles. The molecule has 5 heteroatoms. The van der Waals surface area contributed by atoms with Gasteiger partial charge in [-0.15, -0.1) is 10.2 Å². The van der Waals surface area contributed by atoms with Gasteiger partial charge in [-0.1, -0.05) is 19.9 Å². The van der Waals surface area contributed by atoms with E-state index in [0.29, 0.717) is 17.5 Å². The fourth-order valence-electron chi connectivity index (χ4n) is 1.62. The van der Waals surface area contributed by atoms with E-state index in [1.165, 1.54) is 0 Å². The van der Waals surface area contributed by atoms with Crippen LogP contribution in [0, 0.1) is 0 Å². The molecule has 2 rings (SSSR count). The Morgan fingerprint density at radius 2 is 2.18 bits per heavy atom. The summed E-state index contributed by atoms with van der Waals surface area (Å²) >= 11 is 0. The summed E-state index contributed by atoms with van der Waals surface area (Å²) in [5.74, 6) is 1.09. The first-order chi connectivity index (χ1) is 8.35. The molecule has 1 unspecified atom stereocenters. The summed E-state index contributed by atoms with van der Waals surface area (Å²) in [7, 11) is 0. The van der Waals surface area contributed by atoms with Crippen LogP contribution < -0.4 is 5.32 Å². The second kappa shape index (κ2) is 5.54. The molecule has 0 saturated carbocycles. The second-order valence-electron chi connectivity index (χ2n) is 3.68. The molecule has 0 spiro atoms. The van der Waals surface area contributed by atoms with Crippen molar-refractivity contribution in [1.82, 2.24) is 20.5 Å². The molecule has 2 aromatic rings. The highest BCUT2D eigenvalue weighted by atomic mass is 16.4. The van der Waals surface area contributed by atoms with Crippen molar-refractivity contribution in [1.29, 1.82) is 0 Å². The van der Waals surface area contributed by atoms with Crippen molar-refractivity contribution >= 4 is 0 Å². The topological polar surface area (TPSA) is 63.8 Å². The zero-order chi connectivity index (χ0) is 12.1. The monoisotopic (exact) mass is 232 g/mol. The van der Waals surface area contributed by atoms with Gasteiger partial charge < -0.3 is 9.73 Å². The van der Waals surface area contributed by atoms with Crippen molar-refractivity contribution in [2.45, 2.75) is 26.3 Å². The Bertz CT molecular complexity index is 455. The highest BCUT2D eigenvalue weighted by Crippen LogP contribution is 2.20. The molecule has 0 saturated heterocycles. The molecule has 0 aliphatic rings. The van der Waals surface area contributed by atoms with Crippen LogP contribution in [0.15, 0.2) is 28.8 Å². The Kier molecular flexibility index (Phi) is 3.82. The Morgan fingerprint density at radius 3 is 2.82 bits per heavy atom. The van der Waals surface area contributed by atoms with Crippen LogP contribution in [0.1, 0.15) is 32.2 Å². The molecule has 1 N–H and O–H groups in total. The van der Waals surface area contributed by atoms with Gasteiger partial charge in [0.25, 0.3) is 5.89 Å². The third kappa shape index (κ3) is 2.68. The lowest BCUT2D eigenvalue weighted by atomic mass is 10.2. The van der Waals surface area contributed by atoms with E-state index >= 15 is 0 Å². The number of nitrogens with zero attached hydrogens (tertiary/aromatic N) is 3. The van der Waals surface area contributed by atoms with Crippen LogP contribution in [0.25, 0.3) is 11.6 Å². The van der Waals surface area contributed by atoms with Crippen molar-refractivity contribution in [2.24, 2.45) is 0 Å². The third-order valence-corrected chi connectivity index (χ3v) is 2.48. The van der Waals surface area contributed by atoms with Crippen molar-refractivity contribution in [3.05, 3.63) is 30.3 Å². The molecule has 5 nitrogen and oxygen atoms in total. The lowest BCUT2D eigenvalue weighted by Crippen LogP contribution is -2.20. The third-order valence-electron chi connectivity index (χ3n) is 2.48. The minimum absolute atomic E-state index is 0.116. The largest absolute Gasteiger partial charge is 0.418 e. The standard InChI is InChI=1S/C12H16N4O/c1-3-9(13-4-2)11-15-16-12(17-11)10-7-5-6-8-14-10/h5-9,13H,3-4H2,1-2H3. The molecular weight excluding hydrogens is 216 g/mol. The quantitative estimate of drug-likeness (QED) is 0.856. The molecule has 2 aromatic heterocycles. The second-order valence-corrected chi connectivity index (χ2v) is 3.68. The van der Waals surface area contributed by atoms with Crippen LogP contribution in [-0.4, -0.2) is 21.7 Å². The van der Waals surface area contributed by atoms with E-state index in [2.05, 4.69) is 34.3 Å². The summed E-state index contributed by atoms with van der Waals surface area (Å²) in [4.78, 5) is 4.18. The summed E-state index contributed by atoms with van der Waals surface area (Å²) in [6, 6.07) is 5.72. The Balaban J connectivity index is 2.21. The Hall–Kier alpha value is -1.75. The normalized spacial score (nSPS) is 12.6. The first-order valence-corrected chi connectivity index (χ1v) is 5.83. The van der Waals surface area contributed by atoms with Gasteiger partial charge in [-0.3, -0.25) is 4.98 Å². The molecule has 0 bridgehead atoms. The van der Waals surface area contributed by atoms with Crippen LogP contribution in [-0.2, 0) is 0 Å². The Labute approximate surface area is 100 Å². The van der Waals surface area contributed by atoms with Gasteiger partial charge in [-0.2, -0.15) is 0 Å². The molecule has 17 heavy (non-hydrogen) atoms. The molecular formula is C12H16N4O. The highest BCUT2D eigenvalue weighted by Gasteiger charge is 2.16.